The van der Waals surface area contributed by atoms with Crippen molar-refractivity contribution >= 4 is 18.0 Å². The number of aliphatic hydroxyl groups excluding tert-OH is 9. The summed E-state index contributed by atoms with van der Waals surface area (Å²) in [4.78, 5) is 39.1. The molecule has 0 unspecified atom stereocenters. The Morgan fingerprint density at radius 2 is 1.32 bits per heavy atom. The van der Waals surface area contributed by atoms with E-state index < -0.39 is 159 Å². The van der Waals surface area contributed by atoms with Gasteiger partial charge in [0.2, 0.25) is 0 Å². The average Bonchev–Trinajstić information content (AvgIpc) is 1.33. The Morgan fingerprint density at radius 3 is 1.97 bits per heavy atom. The lowest BCUT2D eigenvalue weighted by atomic mass is 9.49. The van der Waals surface area contributed by atoms with Gasteiger partial charge in [-0.2, -0.15) is 0 Å². The van der Waals surface area contributed by atoms with Gasteiger partial charge in [-0.05, 0) is 130 Å². The Balaban J connectivity index is 0.997. The maximum absolute atomic E-state index is 16.6. The van der Waals surface area contributed by atoms with E-state index >= 15 is 4.39 Å². The summed E-state index contributed by atoms with van der Waals surface area (Å²) >= 11 is 0. The summed E-state index contributed by atoms with van der Waals surface area (Å²) in [6.45, 7) is 20.9. The van der Waals surface area contributed by atoms with E-state index in [1.807, 2.05) is 31.2 Å². The second-order valence-corrected chi connectivity index (χ2v) is 31.2. The summed E-state index contributed by atoms with van der Waals surface area (Å²) in [5.41, 5.74) is 1.80. The van der Waals surface area contributed by atoms with Crippen LogP contribution in [0.15, 0.2) is 108 Å². The molecule has 7 rings (SSSR count). The molecular formula is C78H121FN2O19. The number of nitrogens with one attached hydrogen (secondary N) is 2. The molecule has 2 bridgehead atoms. The molecule has 13 N–H and O–H groups in total. The molecule has 0 spiro atoms. The first-order chi connectivity index (χ1) is 47.2. The Kier molecular flexibility index (Phi) is 31.2. The van der Waals surface area contributed by atoms with Gasteiger partial charge in [0.1, 0.15) is 30.1 Å². The number of ether oxygens (including phenoxy) is 5. The maximum atomic E-state index is 16.6. The van der Waals surface area contributed by atoms with E-state index in [1.165, 1.54) is 30.9 Å². The van der Waals surface area contributed by atoms with Crippen LogP contribution in [0, 0.1) is 64.1 Å². The van der Waals surface area contributed by atoms with Crippen molar-refractivity contribution in [2.45, 2.75) is 282 Å². The molecule has 3 heterocycles. The molecule has 22 heteroatoms. The summed E-state index contributed by atoms with van der Waals surface area (Å²) in [6, 6.07) is -1.10. The lowest BCUT2D eigenvalue weighted by Gasteiger charge is -2.55. The van der Waals surface area contributed by atoms with Gasteiger partial charge in [-0.1, -0.05) is 159 Å². The summed E-state index contributed by atoms with van der Waals surface area (Å²) in [7, 11) is 0. The van der Waals surface area contributed by atoms with Crippen LogP contribution in [0.3, 0.4) is 0 Å². The zero-order valence-corrected chi connectivity index (χ0v) is 60.6. The van der Waals surface area contributed by atoms with E-state index in [0.29, 0.717) is 48.9 Å². The van der Waals surface area contributed by atoms with Gasteiger partial charge in [0.05, 0.1) is 79.6 Å². The fraction of sp³-hybridized carbons (Fsp3) is 0.731. The smallest absolute Gasteiger partial charge is 0.407 e. The van der Waals surface area contributed by atoms with Crippen LogP contribution >= 0.6 is 0 Å². The number of rotatable bonds is 13. The quantitative estimate of drug-likeness (QED) is 0.0604. The predicted molar refractivity (Wildman–Crippen MR) is 377 cm³/mol. The number of alkyl carbamates (subject to hydrolysis) is 1. The van der Waals surface area contributed by atoms with Crippen LogP contribution in [0.2, 0.25) is 0 Å². The van der Waals surface area contributed by atoms with Crippen LogP contribution in [0.5, 0.6) is 0 Å². The SMILES string of the molecule is CC(C)[C@@H](C)CC[C@@H](C)[C@H]1CC[C@H]2C3=CC(F)=C4C[C@@H](OC(=O)NCCN[C@@H]5[C@H](O)[C@H](O[C@H]6C=CC=CC=CC=CC=CC=CC=C[C@H](C)[C@@H](O)[C@@H](C)[C@H](C)OC(=O)C[C@H](O)C[C@H](O)CC[C@@H](O)[C@H](O)C[C@H](O)C[C@]7(O)C[C@H](O)[C@@H](C(=O)O)[C@H](C6)O7)O[C@H](C)[C@H]5O)CC[C@]4(C)[C@H]3CC[C@]12C. The number of hydrogen-bond donors (Lipinski definition) is 13. The normalized spacial score (nSPS) is 40.9. The van der Waals surface area contributed by atoms with Crippen LogP contribution in [0.4, 0.5) is 9.18 Å². The molecule has 3 aliphatic heterocycles. The molecule has 4 aliphatic carbocycles. The third kappa shape index (κ3) is 22.2. The number of amides is 1. The predicted octanol–water partition coefficient (Wildman–Crippen LogP) is 8.94. The number of allylic oxidation sites excluding steroid dienone is 15. The number of hydrogen-bond acceptors (Lipinski definition) is 19. The van der Waals surface area contributed by atoms with Gasteiger partial charge >= 0.3 is 18.0 Å². The van der Waals surface area contributed by atoms with Crippen LogP contribution in [-0.2, 0) is 33.3 Å². The summed E-state index contributed by atoms with van der Waals surface area (Å²) in [5.74, 6) is -4.06. The molecule has 1 amide bonds. The number of fused-ring (bicyclic) bond motifs is 7. The van der Waals surface area contributed by atoms with Crippen LogP contribution in [0.25, 0.3) is 0 Å². The molecule has 0 aromatic carbocycles. The number of carboxylic acid groups (broad SMARTS) is 1. The summed E-state index contributed by atoms with van der Waals surface area (Å²) in [6.07, 6.45) is 11.5. The third-order valence-corrected chi connectivity index (χ3v) is 23.6. The van der Waals surface area contributed by atoms with Gasteiger partial charge in [0, 0.05) is 57.0 Å². The van der Waals surface area contributed by atoms with Crippen molar-refractivity contribution in [2.75, 3.05) is 13.1 Å². The highest BCUT2D eigenvalue weighted by Crippen LogP contribution is 2.67. The third-order valence-electron chi connectivity index (χ3n) is 23.6. The first kappa shape index (κ1) is 82.5. The fourth-order valence-electron chi connectivity index (χ4n) is 17.0. The molecule has 7 aliphatic rings. The van der Waals surface area contributed by atoms with Crippen molar-refractivity contribution in [3.8, 4) is 0 Å². The maximum Gasteiger partial charge on any atom is 0.407 e. The van der Waals surface area contributed by atoms with E-state index in [1.54, 1.807) is 81.5 Å². The van der Waals surface area contributed by atoms with Crippen molar-refractivity contribution in [1.82, 2.24) is 10.6 Å². The highest BCUT2D eigenvalue weighted by Gasteiger charge is 2.59. The summed E-state index contributed by atoms with van der Waals surface area (Å²) in [5, 5.41) is 128. The molecular weight excluding hydrogens is 1290 g/mol. The van der Waals surface area contributed by atoms with E-state index in [2.05, 4.69) is 52.2 Å². The van der Waals surface area contributed by atoms with E-state index in [-0.39, 0.29) is 67.3 Å². The lowest BCUT2D eigenvalue weighted by Crippen LogP contribution is -2.63. The topological polar surface area (TPSA) is 344 Å². The Bertz CT molecular complexity index is 2930. The Morgan fingerprint density at radius 1 is 0.670 bits per heavy atom. The van der Waals surface area contributed by atoms with Gasteiger partial charge in [-0.25, -0.2) is 9.18 Å². The van der Waals surface area contributed by atoms with Crippen LogP contribution in [-0.4, -0.2) is 191 Å². The van der Waals surface area contributed by atoms with Crippen molar-refractivity contribution in [2.24, 2.45) is 64.1 Å². The molecule has 21 nitrogen and oxygen atoms in total. The molecule has 0 radical (unpaired) electrons. The molecule has 3 saturated carbocycles. The largest absolute Gasteiger partial charge is 0.481 e. The van der Waals surface area contributed by atoms with Crippen molar-refractivity contribution in [3.05, 3.63) is 108 Å². The van der Waals surface area contributed by atoms with E-state index in [9.17, 15) is 70.6 Å². The number of aliphatic carboxylic acids is 1. The van der Waals surface area contributed by atoms with Crippen molar-refractivity contribution in [1.29, 1.82) is 0 Å². The average molecular weight is 1410 g/mol. The standard InChI is InChI=1S/C78H121FN2O19/c1-45(2)46(3)25-26-47(4)58-28-29-59-57-42-62(79)61-40-56(31-33-77(61,10)60(57)32-34-76(58,59)9)99-75(94)81-36-35-80-69-71(90)51(8)97-74(72(69)91)98-55-24-22-20-18-16-14-12-11-13-15-17-19-21-23-48(5)70(89)49(6)50(7)96-67(88)39-53(83)37-52(82)27-30-63(85)64(86)38-54(84)43-78(95)44-65(87)68(73(92)93)66(41-55)100-78/h11-24,42,45-56,58-60,63-66,68-72,74,80,82-87,89-91,95H,25-41,43-44H2,1-10H3,(H,81,94)(H,92,93)/t46-,47+,48-,49-,50-,51+,52+,53+,54-,55-,56-,58+,59-,60-,63+,64+,65-,66-,68+,69-,70+,71+,72-,74-,76+,77+,78+/m0/s1. The molecule has 2 saturated heterocycles. The number of esters is 1. The number of cyclic esters (lactones) is 1. The number of halogens is 1. The zero-order chi connectivity index (χ0) is 73.4. The minimum absolute atomic E-state index is 0.00760. The number of carboxylic acids is 1. The highest BCUT2D eigenvalue weighted by molar-refractivity contribution is 5.72. The van der Waals surface area contributed by atoms with Gasteiger partial charge in [0.15, 0.2) is 12.1 Å². The van der Waals surface area contributed by atoms with Crippen LogP contribution < -0.4 is 10.6 Å². The number of carbonyl (C=O) groups is 3. The first-order valence-corrected chi connectivity index (χ1v) is 37.0. The molecule has 0 aromatic rings. The number of carbonyl (C=O) groups excluding carboxylic acids is 2. The second kappa shape index (κ2) is 37.8. The highest BCUT2D eigenvalue weighted by atomic mass is 19.1. The minimum Gasteiger partial charge on any atom is -0.481 e. The molecule has 564 valence electrons. The van der Waals surface area contributed by atoms with E-state index in [0.717, 1.165) is 24.8 Å². The van der Waals surface area contributed by atoms with Gasteiger partial charge < -0.3 is 90.5 Å². The minimum atomic E-state index is -2.39. The van der Waals surface area contributed by atoms with Gasteiger partial charge in [0.25, 0.3) is 0 Å². The van der Waals surface area contributed by atoms with Gasteiger partial charge in [-0.3, -0.25) is 9.59 Å². The van der Waals surface area contributed by atoms with Gasteiger partial charge in [-0.15, -0.1) is 0 Å². The zero-order valence-electron chi connectivity index (χ0n) is 60.6. The van der Waals surface area contributed by atoms with Crippen LogP contribution in [0.1, 0.15) is 178 Å². The lowest BCUT2D eigenvalue weighted by molar-refractivity contribution is -0.309. The fourth-order valence-corrected chi connectivity index (χ4v) is 17.0. The molecule has 5 fully saturated rings. The number of aliphatic hydroxyl groups is 10. The van der Waals surface area contributed by atoms with E-state index in [4.69, 9.17) is 23.7 Å². The summed E-state index contributed by atoms with van der Waals surface area (Å²) < 4.78 is 46.6. The molecule has 100 heavy (non-hydrogen) atoms. The molecule has 27 atom stereocenters. The van der Waals surface area contributed by atoms with Crippen molar-refractivity contribution < 1.29 is 98.6 Å². The van der Waals surface area contributed by atoms with Crippen molar-refractivity contribution in [3.63, 3.8) is 0 Å². The first-order valence-electron chi connectivity index (χ1n) is 37.0. The molecule has 0 aromatic heterocycles. The monoisotopic (exact) mass is 1410 g/mol. The Hall–Kier alpha value is -4.76. The Labute approximate surface area is 592 Å². The second-order valence-electron chi connectivity index (χ2n) is 31.2.